The van der Waals surface area contributed by atoms with E-state index >= 15 is 0 Å². The third kappa shape index (κ3) is 5.78. The van der Waals surface area contributed by atoms with Gasteiger partial charge >= 0.3 is 0 Å². The molecule has 1 unspecified atom stereocenters. The standard InChI is InChI=1S/C36H31Cl2F2N7O4/c1-46-35(49)29-19(13-42-46)12-25(32(39)40)44-33(29)43-23-8-4-6-21(31(23)38)20-5-3-7-22(30(20)37)24-11-18-9-10-26(28(18)34(45-24)50-2)47-16-36(17-47)15-41-27(48)14-51-36/h3-8,11-13,26,32H,9-10,14-17H2,1-2H3,(H,41,48)(H,43,44). The van der Waals surface area contributed by atoms with Crippen molar-refractivity contribution in [2.45, 2.75) is 30.9 Å². The molecule has 3 aliphatic rings. The lowest BCUT2D eigenvalue weighted by molar-refractivity contribution is -0.179. The van der Waals surface area contributed by atoms with Gasteiger partial charge in [-0.25, -0.2) is 23.4 Å². The van der Waals surface area contributed by atoms with E-state index in [4.69, 9.17) is 37.7 Å². The van der Waals surface area contributed by atoms with Crippen molar-refractivity contribution in [2.24, 2.45) is 7.05 Å². The van der Waals surface area contributed by atoms with Gasteiger partial charge in [-0.3, -0.25) is 14.5 Å². The molecule has 2 aromatic carbocycles. The van der Waals surface area contributed by atoms with Crippen molar-refractivity contribution in [1.29, 1.82) is 0 Å². The van der Waals surface area contributed by atoms with Crippen LogP contribution in [-0.2, 0) is 23.0 Å². The number of rotatable bonds is 7. The van der Waals surface area contributed by atoms with Crippen LogP contribution in [0.25, 0.3) is 33.2 Å². The molecule has 2 fully saturated rings. The first-order chi connectivity index (χ1) is 24.6. The van der Waals surface area contributed by atoms with Gasteiger partial charge in [0.25, 0.3) is 12.0 Å². The zero-order valence-electron chi connectivity index (χ0n) is 27.5. The topological polar surface area (TPSA) is 124 Å². The maximum absolute atomic E-state index is 13.8. The Kier molecular flexibility index (Phi) is 8.41. The molecule has 3 aromatic heterocycles. The number of ether oxygens (including phenoxy) is 2. The van der Waals surface area contributed by atoms with Gasteiger partial charge in [-0.15, -0.1) is 0 Å². The molecule has 51 heavy (non-hydrogen) atoms. The van der Waals surface area contributed by atoms with E-state index in [1.807, 2.05) is 18.2 Å². The average Bonchev–Trinajstić information content (AvgIpc) is 3.53. The molecular weight excluding hydrogens is 703 g/mol. The summed E-state index contributed by atoms with van der Waals surface area (Å²) in [5, 5.41) is 10.9. The lowest BCUT2D eigenvalue weighted by Gasteiger charge is -2.53. The Morgan fingerprint density at radius 3 is 2.53 bits per heavy atom. The zero-order valence-corrected chi connectivity index (χ0v) is 29.0. The minimum absolute atomic E-state index is 0.0659. The van der Waals surface area contributed by atoms with Crippen molar-refractivity contribution in [3.63, 3.8) is 0 Å². The molecule has 2 N–H and O–H groups in total. The Bertz CT molecular complexity index is 2290. The first-order valence-corrected chi connectivity index (χ1v) is 17.0. The number of fused-ring (bicyclic) bond motifs is 2. The van der Waals surface area contributed by atoms with Gasteiger partial charge in [-0.1, -0.05) is 53.5 Å². The van der Waals surface area contributed by atoms with Gasteiger partial charge in [0.1, 0.15) is 23.7 Å². The number of halogens is 4. The number of amides is 1. The monoisotopic (exact) mass is 733 g/mol. The van der Waals surface area contributed by atoms with Crippen LogP contribution < -0.4 is 20.9 Å². The molecule has 15 heteroatoms. The molecule has 1 spiro atoms. The molecule has 1 amide bonds. The molecule has 1 atom stereocenters. The number of carbonyl (C=O) groups excluding carboxylic acids is 1. The van der Waals surface area contributed by atoms with Crippen molar-refractivity contribution >= 4 is 51.4 Å². The number of anilines is 2. The highest BCUT2D eigenvalue weighted by Crippen LogP contribution is 2.48. The van der Waals surface area contributed by atoms with E-state index in [1.54, 1.807) is 25.3 Å². The molecular formula is C36H31Cl2F2N7O4. The highest BCUT2D eigenvalue weighted by molar-refractivity contribution is 6.39. The number of carbonyl (C=O) groups is 1. The van der Waals surface area contributed by atoms with Crippen molar-refractivity contribution in [2.75, 3.05) is 38.7 Å². The van der Waals surface area contributed by atoms with Gasteiger partial charge in [0.2, 0.25) is 11.8 Å². The molecule has 0 radical (unpaired) electrons. The molecule has 0 saturated carbocycles. The summed E-state index contributed by atoms with van der Waals surface area (Å²) < 4.78 is 40.4. The van der Waals surface area contributed by atoms with Gasteiger partial charge in [0, 0.05) is 60.4 Å². The predicted octanol–water partition coefficient (Wildman–Crippen LogP) is 6.24. The van der Waals surface area contributed by atoms with Crippen LogP contribution in [-0.4, -0.2) is 69.5 Å². The van der Waals surface area contributed by atoms with Crippen LogP contribution in [0.4, 0.5) is 20.3 Å². The number of nitrogens with one attached hydrogen (secondary N) is 2. The third-order valence-electron chi connectivity index (χ3n) is 9.85. The molecule has 0 bridgehead atoms. The number of pyridine rings is 2. The molecule has 2 aliphatic heterocycles. The van der Waals surface area contributed by atoms with Crippen molar-refractivity contribution < 1.29 is 23.0 Å². The smallest absolute Gasteiger partial charge is 0.280 e. The summed E-state index contributed by atoms with van der Waals surface area (Å²) >= 11 is 14.1. The fourth-order valence-corrected chi connectivity index (χ4v) is 7.92. The van der Waals surface area contributed by atoms with E-state index in [0.717, 1.165) is 34.7 Å². The normalized spacial score (nSPS) is 18.2. The number of morpholine rings is 1. The molecule has 5 aromatic rings. The minimum Gasteiger partial charge on any atom is -0.481 e. The Morgan fingerprint density at radius 1 is 1.06 bits per heavy atom. The number of methoxy groups -OCH3 is 1. The van der Waals surface area contributed by atoms with E-state index in [0.29, 0.717) is 58.6 Å². The second-order valence-electron chi connectivity index (χ2n) is 13.0. The van der Waals surface area contributed by atoms with Crippen LogP contribution in [0, 0.1) is 0 Å². The van der Waals surface area contributed by atoms with Gasteiger partial charge in [-0.2, -0.15) is 5.10 Å². The Morgan fingerprint density at radius 2 is 1.80 bits per heavy atom. The van der Waals surface area contributed by atoms with Crippen LogP contribution in [0.2, 0.25) is 10.0 Å². The summed E-state index contributed by atoms with van der Waals surface area (Å²) in [5.74, 6) is 0.374. The lowest BCUT2D eigenvalue weighted by Crippen LogP contribution is -2.70. The van der Waals surface area contributed by atoms with E-state index in [9.17, 15) is 18.4 Å². The molecule has 8 rings (SSSR count). The Balaban J connectivity index is 1.12. The summed E-state index contributed by atoms with van der Waals surface area (Å²) in [4.78, 5) is 36.0. The average molecular weight is 735 g/mol. The summed E-state index contributed by atoms with van der Waals surface area (Å²) in [6.45, 7) is 2.01. The first-order valence-electron chi connectivity index (χ1n) is 16.3. The first kappa shape index (κ1) is 33.5. The molecule has 11 nitrogen and oxygen atoms in total. The molecule has 2 saturated heterocycles. The number of hydrogen-bond donors (Lipinski definition) is 2. The fourth-order valence-electron chi connectivity index (χ4n) is 7.32. The Hall–Kier alpha value is -4.69. The van der Waals surface area contributed by atoms with E-state index in [1.165, 1.54) is 13.2 Å². The van der Waals surface area contributed by atoms with Crippen molar-refractivity contribution in [3.05, 3.63) is 91.9 Å². The van der Waals surface area contributed by atoms with Crippen LogP contribution in [0.1, 0.15) is 35.7 Å². The highest BCUT2D eigenvalue weighted by Gasteiger charge is 2.50. The highest BCUT2D eigenvalue weighted by atomic mass is 35.5. The molecule has 5 heterocycles. The number of hydrogen-bond acceptors (Lipinski definition) is 9. The predicted molar refractivity (Wildman–Crippen MR) is 189 cm³/mol. The fraction of sp³-hybridized carbons (Fsp3) is 0.306. The van der Waals surface area contributed by atoms with E-state index < -0.39 is 17.7 Å². The minimum atomic E-state index is -2.87. The van der Waals surface area contributed by atoms with E-state index in [-0.39, 0.29) is 45.8 Å². The van der Waals surface area contributed by atoms with Gasteiger partial charge in [0.15, 0.2) is 0 Å². The summed E-state index contributed by atoms with van der Waals surface area (Å²) in [7, 11) is 3.08. The molecule has 262 valence electrons. The number of nitrogens with zero attached hydrogens (tertiary/aromatic N) is 5. The molecule has 1 aliphatic carbocycles. The maximum Gasteiger partial charge on any atom is 0.280 e. The van der Waals surface area contributed by atoms with Gasteiger partial charge in [-0.05, 0) is 36.6 Å². The lowest BCUT2D eigenvalue weighted by atomic mass is 9.89. The summed E-state index contributed by atoms with van der Waals surface area (Å²) in [6.07, 6.45) is 0.202. The van der Waals surface area contributed by atoms with Crippen LogP contribution in [0.3, 0.4) is 0 Å². The van der Waals surface area contributed by atoms with Crippen LogP contribution in [0.15, 0.2) is 59.5 Å². The largest absolute Gasteiger partial charge is 0.481 e. The third-order valence-corrected chi connectivity index (χ3v) is 10.7. The van der Waals surface area contributed by atoms with Gasteiger partial charge in [0.05, 0.1) is 40.1 Å². The number of benzene rings is 2. The van der Waals surface area contributed by atoms with Crippen LogP contribution >= 0.6 is 23.2 Å². The quantitative estimate of drug-likeness (QED) is 0.200. The second kappa shape index (κ2) is 12.8. The second-order valence-corrected chi connectivity index (χ2v) is 13.7. The summed E-state index contributed by atoms with van der Waals surface area (Å²) in [6, 6.07) is 14.1. The van der Waals surface area contributed by atoms with Gasteiger partial charge < -0.3 is 20.1 Å². The summed E-state index contributed by atoms with van der Waals surface area (Å²) in [5.41, 5.74) is 3.66. The number of aryl methyl sites for hydroxylation is 2. The van der Waals surface area contributed by atoms with Crippen molar-refractivity contribution in [1.82, 2.24) is 30.0 Å². The Labute approximate surface area is 300 Å². The van der Waals surface area contributed by atoms with E-state index in [2.05, 4.69) is 31.7 Å². The van der Waals surface area contributed by atoms with Crippen molar-refractivity contribution in [3.8, 4) is 28.3 Å². The number of aromatic nitrogens is 4. The zero-order chi connectivity index (χ0) is 35.6. The maximum atomic E-state index is 13.8. The SMILES string of the molecule is COc1nc(-c2cccc(-c3cccc(Nc4nc(C(F)F)cc5cnn(C)c(=O)c45)c3Cl)c2Cl)cc2c1C(N1CC3(CNC(=O)CO3)C1)CC2. The van der Waals surface area contributed by atoms with Crippen LogP contribution in [0.5, 0.6) is 5.88 Å². The number of alkyl halides is 2. The number of likely N-dealkylation sites (tertiary alicyclic amines) is 1.